The molecule has 2 heterocycles. The summed E-state index contributed by atoms with van der Waals surface area (Å²) in [6, 6.07) is 15.3. The molecule has 1 atom stereocenters. The Morgan fingerprint density at radius 3 is 2.81 bits per heavy atom. The predicted octanol–water partition coefficient (Wildman–Crippen LogP) is 4.26. The van der Waals surface area contributed by atoms with Crippen molar-refractivity contribution in [1.29, 1.82) is 0 Å². The second-order valence-electron chi connectivity index (χ2n) is 5.34. The molecule has 3 aromatic rings. The molecule has 21 heavy (non-hydrogen) atoms. The predicted molar refractivity (Wildman–Crippen MR) is 83.3 cm³/mol. The Morgan fingerprint density at radius 2 is 1.86 bits per heavy atom. The third-order valence-corrected chi connectivity index (χ3v) is 4.10. The van der Waals surface area contributed by atoms with Gasteiger partial charge in [-0.05, 0) is 29.7 Å². The van der Waals surface area contributed by atoms with E-state index >= 15 is 4.39 Å². The highest BCUT2D eigenvalue weighted by Gasteiger charge is 2.22. The average molecular weight is 278 g/mol. The van der Waals surface area contributed by atoms with Crippen molar-refractivity contribution in [3.05, 3.63) is 71.4 Å². The van der Waals surface area contributed by atoms with Gasteiger partial charge in [-0.2, -0.15) is 0 Å². The van der Waals surface area contributed by atoms with Crippen LogP contribution in [0.3, 0.4) is 0 Å². The van der Waals surface area contributed by atoms with Gasteiger partial charge in [0.1, 0.15) is 0 Å². The Morgan fingerprint density at radius 1 is 1.00 bits per heavy atom. The molecule has 1 unspecified atom stereocenters. The molecule has 3 heteroatoms. The summed E-state index contributed by atoms with van der Waals surface area (Å²) in [6.07, 6.45) is 1.56. The molecule has 0 bridgehead atoms. The normalized spacial score (nSPS) is 14.7. The van der Waals surface area contributed by atoms with Gasteiger partial charge in [-0.1, -0.05) is 36.4 Å². The number of halogens is 1. The smallest absolute Gasteiger partial charge is 0.153 e. The standard InChI is InChI=1S/C18H15FN2/c19-17(15-6-1-4-12-9-11-21-18(12)15)14-5-2-8-16-13(14)7-3-10-20-16/h1-8,10,17,21H,9,11H2. The molecule has 1 aliphatic rings. The van der Waals surface area contributed by atoms with E-state index in [0.29, 0.717) is 5.56 Å². The third kappa shape index (κ3) is 1.97. The molecule has 2 nitrogen and oxygen atoms in total. The monoisotopic (exact) mass is 278 g/mol. The molecule has 0 fully saturated rings. The van der Waals surface area contributed by atoms with Gasteiger partial charge in [0.15, 0.2) is 6.17 Å². The first-order chi connectivity index (χ1) is 10.3. The third-order valence-electron chi connectivity index (χ3n) is 4.10. The van der Waals surface area contributed by atoms with Gasteiger partial charge in [0, 0.05) is 29.4 Å². The van der Waals surface area contributed by atoms with E-state index in [0.717, 1.165) is 35.1 Å². The van der Waals surface area contributed by atoms with E-state index in [1.807, 2.05) is 42.5 Å². The Hall–Kier alpha value is -2.42. The van der Waals surface area contributed by atoms with Crippen molar-refractivity contribution >= 4 is 16.6 Å². The van der Waals surface area contributed by atoms with Crippen LogP contribution in [0.5, 0.6) is 0 Å². The molecule has 1 aromatic heterocycles. The summed E-state index contributed by atoms with van der Waals surface area (Å²) in [5.41, 5.74) is 4.40. The van der Waals surface area contributed by atoms with Gasteiger partial charge in [0.05, 0.1) is 5.52 Å². The molecule has 0 spiro atoms. The lowest BCUT2D eigenvalue weighted by atomic mass is 9.96. The number of alkyl halides is 1. The molecule has 0 aliphatic carbocycles. The van der Waals surface area contributed by atoms with E-state index in [9.17, 15) is 0 Å². The molecule has 104 valence electrons. The largest absolute Gasteiger partial charge is 0.384 e. The Balaban J connectivity index is 1.88. The Labute approximate surface area is 122 Å². The summed E-state index contributed by atoms with van der Waals surface area (Å²) in [5.74, 6) is 0. The van der Waals surface area contributed by atoms with Crippen LogP contribution in [0.4, 0.5) is 10.1 Å². The summed E-state index contributed by atoms with van der Waals surface area (Å²) < 4.78 is 15.2. The number of rotatable bonds is 2. The molecular weight excluding hydrogens is 263 g/mol. The first-order valence-electron chi connectivity index (χ1n) is 7.18. The van der Waals surface area contributed by atoms with Crippen LogP contribution in [-0.4, -0.2) is 11.5 Å². The number of fused-ring (bicyclic) bond motifs is 2. The summed E-state index contributed by atoms with van der Waals surface area (Å²) >= 11 is 0. The summed E-state index contributed by atoms with van der Waals surface area (Å²) in [6.45, 7) is 0.885. The van der Waals surface area contributed by atoms with Crippen LogP contribution in [0.2, 0.25) is 0 Å². The van der Waals surface area contributed by atoms with E-state index < -0.39 is 6.17 Å². The minimum Gasteiger partial charge on any atom is -0.384 e. The topological polar surface area (TPSA) is 24.9 Å². The molecule has 0 saturated carbocycles. The van der Waals surface area contributed by atoms with Gasteiger partial charge < -0.3 is 5.32 Å². The zero-order valence-electron chi connectivity index (χ0n) is 11.5. The molecule has 1 N–H and O–H groups in total. The second kappa shape index (κ2) is 4.85. The van der Waals surface area contributed by atoms with Gasteiger partial charge in [-0.25, -0.2) is 4.39 Å². The number of aromatic nitrogens is 1. The number of nitrogens with zero attached hydrogens (tertiary/aromatic N) is 1. The zero-order chi connectivity index (χ0) is 14.2. The van der Waals surface area contributed by atoms with Crippen LogP contribution in [-0.2, 0) is 6.42 Å². The van der Waals surface area contributed by atoms with Crippen molar-refractivity contribution in [2.45, 2.75) is 12.6 Å². The molecule has 0 amide bonds. The summed E-state index contributed by atoms with van der Waals surface area (Å²) in [7, 11) is 0. The van der Waals surface area contributed by atoms with E-state index in [2.05, 4.69) is 16.4 Å². The van der Waals surface area contributed by atoms with Crippen molar-refractivity contribution in [1.82, 2.24) is 4.98 Å². The summed E-state index contributed by atoms with van der Waals surface area (Å²) in [4.78, 5) is 4.31. The van der Waals surface area contributed by atoms with Crippen LogP contribution in [0, 0.1) is 0 Å². The number of para-hydroxylation sites is 1. The van der Waals surface area contributed by atoms with Crippen molar-refractivity contribution in [3.8, 4) is 0 Å². The van der Waals surface area contributed by atoms with Crippen molar-refractivity contribution in [2.24, 2.45) is 0 Å². The van der Waals surface area contributed by atoms with Crippen LogP contribution >= 0.6 is 0 Å². The average Bonchev–Trinajstić information content (AvgIpc) is 3.02. The highest BCUT2D eigenvalue weighted by atomic mass is 19.1. The van der Waals surface area contributed by atoms with Crippen molar-refractivity contribution < 1.29 is 4.39 Å². The number of nitrogens with one attached hydrogen (secondary N) is 1. The maximum Gasteiger partial charge on any atom is 0.153 e. The highest BCUT2D eigenvalue weighted by Crippen LogP contribution is 2.38. The van der Waals surface area contributed by atoms with Crippen LogP contribution in [0.15, 0.2) is 54.7 Å². The minimum atomic E-state index is -1.14. The molecule has 2 aromatic carbocycles. The second-order valence-corrected chi connectivity index (χ2v) is 5.34. The zero-order valence-corrected chi connectivity index (χ0v) is 11.5. The van der Waals surface area contributed by atoms with E-state index in [-0.39, 0.29) is 0 Å². The Bertz CT molecular complexity index is 808. The molecule has 4 rings (SSSR count). The first-order valence-corrected chi connectivity index (χ1v) is 7.18. The van der Waals surface area contributed by atoms with Gasteiger partial charge in [-0.15, -0.1) is 0 Å². The maximum atomic E-state index is 15.2. The fraction of sp³-hybridized carbons (Fsp3) is 0.167. The SMILES string of the molecule is FC(c1cccc2c1NCC2)c1cccc2ncccc12. The highest BCUT2D eigenvalue weighted by molar-refractivity contribution is 5.83. The maximum absolute atomic E-state index is 15.2. The van der Waals surface area contributed by atoms with E-state index in [1.165, 1.54) is 5.56 Å². The lowest BCUT2D eigenvalue weighted by Crippen LogP contribution is -2.01. The van der Waals surface area contributed by atoms with Crippen LogP contribution < -0.4 is 5.32 Å². The fourth-order valence-corrected chi connectivity index (χ4v) is 3.09. The summed E-state index contributed by atoms with van der Waals surface area (Å²) in [5, 5.41) is 4.19. The van der Waals surface area contributed by atoms with E-state index in [4.69, 9.17) is 0 Å². The van der Waals surface area contributed by atoms with Crippen molar-refractivity contribution in [3.63, 3.8) is 0 Å². The number of anilines is 1. The number of benzene rings is 2. The molecular formula is C18H15FN2. The Kier molecular flexibility index (Phi) is 2.85. The lowest BCUT2D eigenvalue weighted by molar-refractivity contribution is 0.405. The van der Waals surface area contributed by atoms with Crippen LogP contribution in [0.1, 0.15) is 22.9 Å². The quantitative estimate of drug-likeness (QED) is 0.757. The number of hydrogen-bond donors (Lipinski definition) is 1. The van der Waals surface area contributed by atoms with Gasteiger partial charge >= 0.3 is 0 Å². The van der Waals surface area contributed by atoms with Crippen molar-refractivity contribution in [2.75, 3.05) is 11.9 Å². The molecule has 0 radical (unpaired) electrons. The van der Waals surface area contributed by atoms with Crippen LogP contribution in [0.25, 0.3) is 10.9 Å². The number of pyridine rings is 1. The molecule has 1 aliphatic heterocycles. The number of hydrogen-bond acceptors (Lipinski definition) is 2. The lowest BCUT2D eigenvalue weighted by Gasteiger charge is -2.15. The van der Waals surface area contributed by atoms with Gasteiger partial charge in [-0.3, -0.25) is 4.98 Å². The van der Waals surface area contributed by atoms with E-state index in [1.54, 1.807) is 6.20 Å². The van der Waals surface area contributed by atoms with Gasteiger partial charge in [0.25, 0.3) is 0 Å². The minimum absolute atomic E-state index is 0.683. The van der Waals surface area contributed by atoms with Gasteiger partial charge in [0.2, 0.25) is 0 Å². The fourth-order valence-electron chi connectivity index (χ4n) is 3.09. The first kappa shape index (κ1) is 12.3. The molecule has 0 saturated heterocycles.